The summed E-state index contributed by atoms with van der Waals surface area (Å²) in [5.41, 5.74) is 2.28. The van der Waals surface area contributed by atoms with E-state index in [4.69, 9.17) is 0 Å². The quantitative estimate of drug-likeness (QED) is 0.736. The molecule has 1 aromatic heterocycles. The van der Waals surface area contributed by atoms with E-state index in [1.165, 1.54) is 17.4 Å². The summed E-state index contributed by atoms with van der Waals surface area (Å²) in [7, 11) is 1.58. The number of rotatable bonds is 4. The van der Waals surface area contributed by atoms with E-state index in [0.717, 1.165) is 34.6 Å². The third-order valence-electron chi connectivity index (χ3n) is 5.61. The maximum Gasteiger partial charge on any atom is 0.256 e. The zero-order valence-corrected chi connectivity index (χ0v) is 17.7. The van der Waals surface area contributed by atoms with Crippen molar-refractivity contribution >= 4 is 45.7 Å². The van der Waals surface area contributed by atoms with Crippen molar-refractivity contribution in [1.29, 1.82) is 0 Å². The van der Waals surface area contributed by atoms with Crippen molar-refractivity contribution < 1.29 is 19.2 Å². The van der Waals surface area contributed by atoms with Crippen LogP contribution in [0.5, 0.6) is 0 Å². The second-order valence-corrected chi connectivity index (χ2v) is 8.87. The highest BCUT2D eigenvalue weighted by molar-refractivity contribution is 7.17. The van der Waals surface area contributed by atoms with E-state index < -0.39 is 0 Å². The SMILES string of the molecule is CNC(=O)c1c(NC(=O)c2cccc(N3C(=O)CCC3=O)c2)sc2c1CCC(C)C2. The van der Waals surface area contributed by atoms with Gasteiger partial charge in [-0.1, -0.05) is 13.0 Å². The Morgan fingerprint density at radius 1 is 1.10 bits per heavy atom. The van der Waals surface area contributed by atoms with Crippen LogP contribution in [0.25, 0.3) is 0 Å². The number of nitrogens with zero attached hydrogens (tertiary/aromatic N) is 1. The first-order valence-corrected chi connectivity index (χ1v) is 10.8. The van der Waals surface area contributed by atoms with Crippen LogP contribution in [0.15, 0.2) is 24.3 Å². The van der Waals surface area contributed by atoms with Crippen LogP contribution >= 0.6 is 11.3 Å². The number of nitrogens with one attached hydrogen (secondary N) is 2. The molecule has 2 N–H and O–H groups in total. The van der Waals surface area contributed by atoms with E-state index in [2.05, 4.69) is 17.6 Å². The molecule has 4 rings (SSSR count). The molecule has 30 heavy (non-hydrogen) atoms. The van der Waals surface area contributed by atoms with Gasteiger partial charge in [0.25, 0.3) is 11.8 Å². The summed E-state index contributed by atoms with van der Waals surface area (Å²) < 4.78 is 0. The summed E-state index contributed by atoms with van der Waals surface area (Å²) in [4.78, 5) is 51.8. The van der Waals surface area contributed by atoms with Crippen molar-refractivity contribution in [2.75, 3.05) is 17.3 Å². The monoisotopic (exact) mass is 425 g/mol. The highest BCUT2D eigenvalue weighted by Gasteiger charge is 2.31. The molecule has 0 saturated carbocycles. The summed E-state index contributed by atoms with van der Waals surface area (Å²) >= 11 is 1.45. The van der Waals surface area contributed by atoms with Crippen molar-refractivity contribution in [3.63, 3.8) is 0 Å². The number of thiophene rings is 1. The Kier molecular flexibility index (Phi) is 5.42. The zero-order chi connectivity index (χ0) is 21.4. The fourth-order valence-electron chi connectivity index (χ4n) is 4.03. The van der Waals surface area contributed by atoms with Crippen LogP contribution in [0, 0.1) is 5.92 Å². The maximum atomic E-state index is 13.0. The van der Waals surface area contributed by atoms with Gasteiger partial charge in [-0.05, 0) is 48.9 Å². The highest BCUT2D eigenvalue weighted by Crippen LogP contribution is 2.40. The number of hydrogen-bond donors (Lipinski definition) is 2. The third-order valence-corrected chi connectivity index (χ3v) is 6.78. The number of carbonyl (C=O) groups excluding carboxylic acids is 4. The standard InChI is InChI=1S/C22H23N3O4S/c1-12-6-7-15-16(10-12)30-22(19(15)21(29)23-2)24-20(28)13-4-3-5-14(11-13)25-17(26)8-9-18(25)27/h3-5,11-12H,6-10H2,1-2H3,(H,23,29)(H,24,28). The molecule has 1 unspecified atom stereocenters. The molecular weight excluding hydrogens is 402 g/mol. The van der Waals surface area contributed by atoms with Gasteiger partial charge in [0, 0.05) is 30.3 Å². The van der Waals surface area contributed by atoms with Gasteiger partial charge < -0.3 is 10.6 Å². The van der Waals surface area contributed by atoms with Crippen molar-refractivity contribution in [3.05, 3.63) is 45.8 Å². The molecule has 0 bridgehead atoms. The van der Waals surface area contributed by atoms with Crippen molar-refractivity contribution in [2.45, 2.75) is 39.0 Å². The van der Waals surface area contributed by atoms with Gasteiger partial charge in [-0.25, -0.2) is 0 Å². The van der Waals surface area contributed by atoms with Gasteiger partial charge in [0.1, 0.15) is 5.00 Å². The molecule has 1 fully saturated rings. The Morgan fingerprint density at radius 2 is 1.83 bits per heavy atom. The van der Waals surface area contributed by atoms with E-state index in [1.54, 1.807) is 25.2 Å². The van der Waals surface area contributed by atoms with E-state index in [-0.39, 0.29) is 36.5 Å². The molecule has 7 nitrogen and oxygen atoms in total. The van der Waals surface area contributed by atoms with E-state index in [0.29, 0.717) is 27.7 Å². The molecule has 1 aliphatic carbocycles. The van der Waals surface area contributed by atoms with Crippen LogP contribution in [0.2, 0.25) is 0 Å². The second-order valence-electron chi connectivity index (χ2n) is 7.76. The van der Waals surface area contributed by atoms with Crippen LogP contribution in [0.1, 0.15) is 57.3 Å². The lowest BCUT2D eigenvalue weighted by Crippen LogP contribution is -2.28. The number of imide groups is 1. The number of amides is 4. The lowest BCUT2D eigenvalue weighted by molar-refractivity contribution is -0.121. The molecule has 8 heteroatoms. The molecular formula is C22H23N3O4S. The third kappa shape index (κ3) is 3.63. The molecule has 156 valence electrons. The number of anilines is 2. The summed E-state index contributed by atoms with van der Waals surface area (Å²) in [5.74, 6) is -0.574. The first-order chi connectivity index (χ1) is 14.4. The smallest absolute Gasteiger partial charge is 0.256 e. The van der Waals surface area contributed by atoms with E-state index in [1.807, 2.05) is 0 Å². The highest BCUT2D eigenvalue weighted by atomic mass is 32.1. The molecule has 1 saturated heterocycles. The minimum atomic E-state index is -0.382. The Bertz CT molecular complexity index is 1040. The summed E-state index contributed by atoms with van der Waals surface area (Å²) in [5, 5.41) is 6.10. The first kappa shape index (κ1) is 20.3. The van der Waals surface area contributed by atoms with E-state index in [9.17, 15) is 19.2 Å². The van der Waals surface area contributed by atoms with Gasteiger partial charge in [0.2, 0.25) is 11.8 Å². The largest absolute Gasteiger partial charge is 0.355 e. The average molecular weight is 426 g/mol. The molecule has 2 aliphatic rings. The van der Waals surface area contributed by atoms with Crippen molar-refractivity contribution in [1.82, 2.24) is 5.32 Å². The van der Waals surface area contributed by atoms with Crippen molar-refractivity contribution in [2.24, 2.45) is 5.92 Å². The Morgan fingerprint density at radius 3 is 2.53 bits per heavy atom. The van der Waals surface area contributed by atoms with Gasteiger partial charge in [0.05, 0.1) is 11.3 Å². The fourth-order valence-corrected chi connectivity index (χ4v) is 5.43. The number of carbonyl (C=O) groups is 4. The molecule has 0 spiro atoms. The van der Waals surface area contributed by atoms with Gasteiger partial charge in [0.15, 0.2) is 0 Å². The predicted molar refractivity (Wildman–Crippen MR) is 115 cm³/mol. The minimum Gasteiger partial charge on any atom is -0.355 e. The van der Waals surface area contributed by atoms with Crippen molar-refractivity contribution in [3.8, 4) is 0 Å². The van der Waals surface area contributed by atoms with Gasteiger partial charge in [-0.2, -0.15) is 0 Å². The lowest BCUT2D eigenvalue weighted by atomic mass is 9.88. The van der Waals surface area contributed by atoms with Crippen LogP contribution in [-0.2, 0) is 22.4 Å². The van der Waals surface area contributed by atoms with Gasteiger partial charge in [-0.15, -0.1) is 11.3 Å². The predicted octanol–water partition coefficient (Wildman–Crippen LogP) is 3.14. The van der Waals surface area contributed by atoms with Crippen LogP contribution in [0.4, 0.5) is 10.7 Å². The Balaban J connectivity index is 1.63. The summed E-state index contributed by atoms with van der Waals surface area (Å²) in [6, 6.07) is 6.44. The van der Waals surface area contributed by atoms with Crippen LogP contribution < -0.4 is 15.5 Å². The molecule has 1 aliphatic heterocycles. The Labute approximate surface area is 178 Å². The molecule has 2 aromatic rings. The molecule has 2 heterocycles. The first-order valence-electron chi connectivity index (χ1n) is 10.0. The van der Waals surface area contributed by atoms with Crippen LogP contribution in [-0.4, -0.2) is 30.7 Å². The van der Waals surface area contributed by atoms with Gasteiger partial charge >= 0.3 is 0 Å². The maximum absolute atomic E-state index is 13.0. The topological polar surface area (TPSA) is 95.6 Å². The van der Waals surface area contributed by atoms with Gasteiger partial charge in [-0.3, -0.25) is 24.1 Å². The molecule has 0 radical (unpaired) electrons. The molecule has 1 aromatic carbocycles. The van der Waals surface area contributed by atoms with E-state index >= 15 is 0 Å². The summed E-state index contributed by atoms with van der Waals surface area (Å²) in [6.07, 6.45) is 3.10. The molecule has 1 atom stereocenters. The lowest BCUT2D eigenvalue weighted by Gasteiger charge is -2.18. The minimum absolute atomic E-state index is 0.184. The number of hydrogen-bond acceptors (Lipinski definition) is 5. The van der Waals surface area contributed by atoms with Crippen LogP contribution in [0.3, 0.4) is 0 Å². The normalized spacial score (nSPS) is 18.3. The average Bonchev–Trinajstić information content (AvgIpc) is 3.25. The second kappa shape index (κ2) is 8.02. The number of fused-ring (bicyclic) bond motifs is 1. The Hall–Kier alpha value is -3.00. The summed E-state index contributed by atoms with van der Waals surface area (Å²) in [6.45, 7) is 2.19. The fraction of sp³-hybridized carbons (Fsp3) is 0.364. The zero-order valence-electron chi connectivity index (χ0n) is 16.9. The number of benzene rings is 1. The molecule has 4 amide bonds.